The van der Waals surface area contributed by atoms with Crippen LogP contribution in [0.2, 0.25) is 0 Å². The van der Waals surface area contributed by atoms with Crippen molar-refractivity contribution in [3.8, 4) is 5.75 Å². The van der Waals surface area contributed by atoms with E-state index >= 15 is 0 Å². The first kappa shape index (κ1) is 18.8. The van der Waals surface area contributed by atoms with Gasteiger partial charge in [-0.3, -0.25) is 4.79 Å². The van der Waals surface area contributed by atoms with Gasteiger partial charge in [-0.15, -0.1) is 0 Å². The summed E-state index contributed by atoms with van der Waals surface area (Å²) in [6, 6.07) is 7.04. The van der Waals surface area contributed by atoms with Crippen LogP contribution in [0.15, 0.2) is 24.3 Å². The second kappa shape index (κ2) is 11.3. The van der Waals surface area contributed by atoms with Gasteiger partial charge in [-0.25, -0.2) is 4.79 Å². The highest BCUT2D eigenvalue weighted by molar-refractivity contribution is 5.90. The predicted molar refractivity (Wildman–Crippen MR) is 89.7 cm³/mol. The first-order chi connectivity index (χ1) is 11.2. The fourth-order valence-electron chi connectivity index (χ4n) is 2.14. The number of carbonyl (C=O) groups excluding carboxylic acids is 2. The summed E-state index contributed by atoms with van der Waals surface area (Å²) in [4.78, 5) is 22.7. The van der Waals surface area contributed by atoms with Gasteiger partial charge >= 0.3 is 12.0 Å². The highest BCUT2D eigenvalue weighted by Gasteiger charge is 2.05. The number of anilines is 1. The van der Waals surface area contributed by atoms with Gasteiger partial charge in [0.1, 0.15) is 5.75 Å². The number of benzene rings is 1. The SMILES string of the molecule is COC(=O)CCCCCCCNC(=O)Nc1ccccc1OC. The van der Waals surface area contributed by atoms with Gasteiger partial charge in [0.15, 0.2) is 0 Å². The van der Waals surface area contributed by atoms with Crippen molar-refractivity contribution in [3.63, 3.8) is 0 Å². The molecule has 6 heteroatoms. The molecule has 0 spiro atoms. The number of unbranched alkanes of at least 4 members (excludes halogenated alkanes) is 4. The van der Waals surface area contributed by atoms with Gasteiger partial charge in [-0.2, -0.15) is 0 Å². The number of nitrogens with one attached hydrogen (secondary N) is 2. The summed E-state index contributed by atoms with van der Waals surface area (Å²) < 4.78 is 9.76. The Morgan fingerprint density at radius 1 is 1.00 bits per heavy atom. The van der Waals surface area contributed by atoms with Gasteiger partial charge < -0.3 is 20.1 Å². The molecule has 0 radical (unpaired) electrons. The van der Waals surface area contributed by atoms with E-state index in [2.05, 4.69) is 15.4 Å². The van der Waals surface area contributed by atoms with Gasteiger partial charge in [0.05, 0.1) is 19.9 Å². The smallest absolute Gasteiger partial charge is 0.319 e. The van der Waals surface area contributed by atoms with Crippen LogP contribution in [0, 0.1) is 0 Å². The normalized spacial score (nSPS) is 10.0. The summed E-state index contributed by atoms with van der Waals surface area (Å²) in [6.07, 6.45) is 5.33. The Labute approximate surface area is 137 Å². The Bertz CT molecular complexity index is 491. The molecule has 2 amide bonds. The summed E-state index contributed by atoms with van der Waals surface area (Å²) in [5, 5.41) is 5.59. The molecule has 1 aromatic carbocycles. The molecule has 0 heterocycles. The first-order valence-corrected chi connectivity index (χ1v) is 7.92. The van der Waals surface area contributed by atoms with Crippen LogP contribution < -0.4 is 15.4 Å². The van der Waals surface area contributed by atoms with E-state index in [1.165, 1.54) is 7.11 Å². The molecule has 0 saturated carbocycles. The van der Waals surface area contributed by atoms with Crippen molar-refractivity contribution in [2.45, 2.75) is 38.5 Å². The zero-order chi connectivity index (χ0) is 16.9. The number of hydrogen-bond donors (Lipinski definition) is 2. The molecule has 0 fully saturated rings. The van der Waals surface area contributed by atoms with Crippen LogP contribution in [0.4, 0.5) is 10.5 Å². The molecule has 128 valence electrons. The van der Waals surface area contributed by atoms with Crippen molar-refractivity contribution in [2.75, 3.05) is 26.1 Å². The van der Waals surface area contributed by atoms with E-state index in [9.17, 15) is 9.59 Å². The van der Waals surface area contributed by atoms with Crippen LogP contribution in [0.1, 0.15) is 38.5 Å². The Hall–Kier alpha value is -2.24. The fraction of sp³-hybridized carbons (Fsp3) is 0.529. The summed E-state index contributed by atoms with van der Waals surface area (Å²) in [7, 11) is 2.97. The lowest BCUT2D eigenvalue weighted by Crippen LogP contribution is -2.29. The van der Waals surface area contributed by atoms with Gasteiger partial charge in [0.25, 0.3) is 0 Å². The van der Waals surface area contributed by atoms with Crippen LogP contribution in [0.5, 0.6) is 5.75 Å². The summed E-state index contributed by atoms with van der Waals surface area (Å²) in [5.41, 5.74) is 0.648. The Kier molecular flexibility index (Phi) is 9.28. The van der Waals surface area contributed by atoms with Crippen LogP contribution in [0.25, 0.3) is 0 Å². The molecule has 0 atom stereocenters. The number of urea groups is 1. The molecule has 0 aliphatic carbocycles. The first-order valence-electron chi connectivity index (χ1n) is 7.92. The van der Waals surface area contributed by atoms with Crippen molar-refractivity contribution in [1.82, 2.24) is 5.32 Å². The number of carbonyl (C=O) groups is 2. The lowest BCUT2D eigenvalue weighted by molar-refractivity contribution is -0.140. The topological polar surface area (TPSA) is 76.7 Å². The summed E-state index contributed by atoms with van der Waals surface area (Å²) in [5.74, 6) is 0.480. The lowest BCUT2D eigenvalue weighted by atomic mass is 10.1. The van der Waals surface area contributed by atoms with Gasteiger partial charge in [-0.1, -0.05) is 31.4 Å². The van der Waals surface area contributed by atoms with E-state index in [-0.39, 0.29) is 12.0 Å². The zero-order valence-corrected chi connectivity index (χ0v) is 13.9. The van der Waals surface area contributed by atoms with E-state index in [0.29, 0.717) is 24.4 Å². The van der Waals surface area contributed by atoms with Crippen LogP contribution in [0.3, 0.4) is 0 Å². The van der Waals surface area contributed by atoms with Crippen LogP contribution >= 0.6 is 0 Å². The maximum atomic E-state index is 11.8. The number of rotatable bonds is 10. The van der Waals surface area contributed by atoms with Crippen LogP contribution in [-0.2, 0) is 9.53 Å². The Morgan fingerprint density at radius 3 is 2.43 bits per heavy atom. The molecule has 23 heavy (non-hydrogen) atoms. The average molecular weight is 322 g/mol. The summed E-state index contributed by atoms with van der Waals surface area (Å²) >= 11 is 0. The molecule has 0 aromatic heterocycles. The molecule has 2 N–H and O–H groups in total. The van der Waals surface area contributed by atoms with Crippen LogP contribution in [-0.4, -0.2) is 32.8 Å². The van der Waals surface area contributed by atoms with Crippen molar-refractivity contribution >= 4 is 17.7 Å². The molecule has 0 aliphatic heterocycles. The minimum absolute atomic E-state index is 0.153. The van der Waals surface area contributed by atoms with E-state index in [1.54, 1.807) is 19.2 Å². The molecule has 6 nitrogen and oxygen atoms in total. The molecule has 0 unspecified atom stereocenters. The number of esters is 1. The highest BCUT2D eigenvalue weighted by Crippen LogP contribution is 2.22. The second-order valence-electron chi connectivity index (χ2n) is 5.18. The quantitative estimate of drug-likeness (QED) is 0.512. The number of methoxy groups -OCH3 is 2. The molecular formula is C17H26N2O4. The third kappa shape index (κ3) is 8.09. The van der Waals surface area contributed by atoms with Gasteiger partial charge in [0, 0.05) is 13.0 Å². The summed E-state index contributed by atoms with van der Waals surface area (Å²) in [6.45, 7) is 0.623. The number of para-hydroxylation sites is 2. The van der Waals surface area contributed by atoms with E-state index < -0.39 is 0 Å². The molecular weight excluding hydrogens is 296 g/mol. The molecule has 0 bridgehead atoms. The molecule has 1 rings (SSSR count). The highest BCUT2D eigenvalue weighted by atomic mass is 16.5. The van der Waals surface area contributed by atoms with E-state index in [0.717, 1.165) is 32.1 Å². The third-order valence-corrected chi connectivity index (χ3v) is 3.43. The second-order valence-corrected chi connectivity index (χ2v) is 5.18. The van der Waals surface area contributed by atoms with Crippen molar-refractivity contribution in [2.24, 2.45) is 0 Å². The maximum Gasteiger partial charge on any atom is 0.319 e. The molecule has 1 aromatic rings. The zero-order valence-electron chi connectivity index (χ0n) is 13.9. The number of hydrogen-bond acceptors (Lipinski definition) is 4. The predicted octanol–water partition coefficient (Wildman–Crippen LogP) is 3.33. The standard InChI is InChI=1S/C17H26N2O4/c1-22-15-11-8-7-10-14(15)19-17(21)18-13-9-5-3-4-6-12-16(20)23-2/h7-8,10-11H,3-6,9,12-13H2,1-2H3,(H2,18,19,21). The molecule has 0 saturated heterocycles. The Morgan fingerprint density at radius 2 is 1.70 bits per heavy atom. The Balaban J connectivity index is 2.07. The van der Waals surface area contributed by atoms with Crippen molar-refractivity contribution < 1.29 is 19.1 Å². The maximum absolute atomic E-state index is 11.8. The average Bonchev–Trinajstić information content (AvgIpc) is 2.57. The monoisotopic (exact) mass is 322 g/mol. The molecule has 0 aliphatic rings. The number of ether oxygens (including phenoxy) is 2. The fourth-order valence-corrected chi connectivity index (χ4v) is 2.14. The van der Waals surface area contributed by atoms with E-state index in [1.807, 2.05) is 12.1 Å². The van der Waals surface area contributed by atoms with Crippen molar-refractivity contribution in [3.05, 3.63) is 24.3 Å². The van der Waals surface area contributed by atoms with E-state index in [4.69, 9.17) is 4.74 Å². The van der Waals surface area contributed by atoms with Gasteiger partial charge in [0.2, 0.25) is 0 Å². The van der Waals surface area contributed by atoms with Gasteiger partial charge in [-0.05, 0) is 25.0 Å². The number of amides is 2. The van der Waals surface area contributed by atoms with Crippen molar-refractivity contribution in [1.29, 1.82) is 0 Å². The largest absolute Gasteiger partial charge is 0.495 e. The lowest BCUT2D eigenvalue weighted by Gasteiger charge is -2.10. The minimum atomic E-state index is -0.236. The third-order valence-electron chi connectivity index (χ3n) is 3.43. The minimum Gasteiger partial charge on any atom is -0.495 e.